The van der Waals surface area contributed by atoms with E-state index in [1.165, 1.54) is 49.4 Å². The van der Waals surface area contributed by atoms with Crippen LogP contribution < -0.4 is 5.32 Å². The maximum absolute atomic E-state index is 3.58. The fourth-order valence-electron chi connectivity index (χ4n) is 2.53. The minimum Gasteiger partial charge on any atom is -0.316 e. The van der Waals surface area contributed by atoms with Crippen LogP contribution in [0, 0.1) is 5.92 Å². The van der Waals surface area contributed by atoms with Gasteiger partial charge in [-0.2, -0.15) is 23.5 Å². The summed E-state index contributed by atoms with van der Waals surface area (Å²) in [5, 5.41) is 4.42. The molecule has 1 aliphatic heterocycles. The zero-order valence-electron chi connectivity index (χ0n) is 11.7. The van der Waals surface area contributed by atoms with Gasteiger partial charge in [-0.15, -0.1) is 0 Å². The van der Waals surface area contributed by atoms with Crippen LogP contribution >= 0.6 is 23.5 Å². The van der Waals surface area contributed by atoms with Crippen molar-refractivity contribution in [2.45, 2.75) is 57.2 Å². The van der Waals surface area contributed by atoms with Gasteiger partial charge in [0.2, 0.25) is 0 Å². The molecule has 0 aromatic carbocycles. The predicted octanol–water partition coefficient (Wildman–Crippen LogP) is 4.03. The van der Waals surface area contributed by atoms with Crippen LogP contribution in [0.4, 0.5) is 0 Å². The Morgan fingerprint density at radius 2 is 2.12 bits per heavy atom. The van der Waals surface area contributed by atoms with E-state index in [9.17, 15) is 0 Å². The molecule has 1 nitrogen and oxygen atoms in total. The van der Waals surface area contributed by atoms with Gasteiger partial charge in [-0.3, -0.25) is 0 Å². The largest absolute Gasteiger partial charge is 0.316 e. The first kappa shape index (κ1) is 15.7. The normalized spacial score (nSPS) is 24.5. The van der Waals surface area contributed by atoms with E-state index in [0.29, 0.717) is 0 Å². The number of rotatable bonds is 8. The lowest BCUT2D eigenvalue weighted by Crippen LogP contribution is -2.40. The van der Waals surface area contributed by atoms with Gasteiger partial charge in [-0.1, -0.05) is 39.5 Å². The van der Waals surface area contributed by atoms with Crippen molar-refractivity contribution in [3.8, 4) is 0 Å². The summed E-state index contributed by atoms with van der Waals surface area (Å²) in [5.74, 6) is 4.98. The number of hydrogen-bond acceptors (Lipinski definition) is 3. The topological polar surface area (TPSA) is 12.0 Å². The smallest absolute Gasteiger partial charge is 0.0291 e. The average molecular weight is 276 g/mol. The van der Waals surface area contributed by atoms with Gasteiger partial charge >= 0.3 is 0 Å². The van der Waals surface area contributed by atoms with Gasteiger partial charge in [0.15, 0.2) is 0 Å². The summed E-state index contributed by atoms with van der Waals surface area (Å²) in [6.45, 7) is 4.66. The first-order valence-corrected chi connectivity index (χ1v) is 9.38. The molecule has 1 N–H and O–H groups in total. The Bertz CT molecular complexity index is 181. The van der Waals surface area contributed by atoms with E-state index in [1.807, 2.05) is 0 Å². The molecule has 1 rings (SSSR count). The zero-order valence-corrected chi connectivity index (χ0v) is 13.3. The molecule has 17 heavy (non-hydrogen) atoms. The van der Waals surface area contributed by atoms with Crippen LogP contribution in [0.25, 0.3) is 0 Å². The lowest BCUT2D eigenvalue weighted by molar-refractivity contribution is 0.359. The fourth-order valence-corrected chi connectivity index (χ4v) is 5.48. The van der Waals surface area contributed by atoms with Crippen LogP contribution in [-0.4, -0.2) is 35.6 Å². The Balaban J connectivity index is 2.36. The molecule has 0 aromatic heterocycles. The number of thioether (sulfide) groups is 2. The highest BCUT2D eigenvalue weighted by Crippen LogP contribution is 2.30. The third-order valence-electron chi connectivity index (χ3n) is 3.79. The van der Waals surface area contributed by atoms with Crippen molar-refractivity contribution in [1.29, 1.82) is 0 Å². The Morgan fingerprint density at radius 3 is 2.65 bits per heavy atom. The number of hydrogen-bond donors (Lipinski definition) is 1. The van der Waals surface area contributed by atoms with Crippen molar-refractivity contribution >= 4 is 23.5 Å². The molecule has 1 heterocycles. The lowest BCUT2D eigenvalue weighted by atomic mass is 9.91. The highest BCUT2D eigenvalue weighted by Gasteiger charge is 2.25. The maximum Gasteiger partial charge on any atom is 0.0291 e. The van der Waals surface area contributed by atoms with Gasteiger partial charge in [0, 0.05) is 28.6 Å². The highest BCUT2D eigenvalue weighted by molar-refractivity contribution is 8.06. The molecule has 1 saturated heterocycles. The molecule has 0 bridgehead atoms. The summed E-state index contributed by atoms with van der Waals surface area (Å²) >= 11 is 4.33. The summed E-state index contributed by atoms with van der Waals surface area (Å²) in [6.07, 6.45) is 6.90. The van der Waals surface area contributed by atoms with Crippen LogP contribution in [0.2, 0.25) is 0 Å². The van der Waals surface area contributed by atoms with E-state index in [0.717, 1.165) is 17.2 Å². The quantitative estimate of drug-likeness (QED) is 0.718. The van der Waals surface area contributed by atoms with E-state index in [1.54, 1.807) is 0 Å². The molecule has 3 atom stereocenters. The van der Waals surface area contributed by atoms with E-state index < -0.39 is 0 Å². The Hall–Kier alpha value is 0.660. The zero-order chi connectivity index (χ0) is 12.5. The third-order valence-corrected chi connectivity index (χ3v) is 6.71. The van der Waals surface area contributed by atoms with Gasteiger partial charge in [0.25, 0.3) is 0 Å². The van der Waals surface area contributed by atoms with Gasteiger partial charge in [-0.25, -0.2) is 0 Å². The molecule has 3 unspecified atom stereocenters. The van der Waals surface area contributed by atoms with E-state index in [4.69, 9.17) is 0 Å². The summed E-state index contributed by atoms with van der Waals surface area (Å²) < 4.78 is 0. The summed E-state index contributed by atoms with van der Waals surface area (Å²) in [4.78, 5) is 0. The van der Waals surface area contributed by atoms with Crippen molar-refractivity contribution in [2.75, 3.05) is 24.3 Å². The fraction of sp³-hybridized carbons (Fsp3) is 1.00. The van der Waals surface area contributed by atoms with E-state index in [2.05, 4.69) is 49.7 Å². The first-order valence-electron chi connectivity index (χ1n) is 7.18. The molecule has 102 valence electrons. The van der Waals surface area contributed by atoms with E-state index >= 15 is 0 Å². The third kappa shape index (κ3) is 5.89. The standard InChI is InChI=1S/C14H29NS2/c1-4-6-7-12(5-2)10-13(15-3)14-11-16-8-9-17-14/h12-15H,4-11H2,1-3H3. The van der Waals surface area contributed by atoms with Crippen molar-refractivity contribution in [1.82, 2.24) is 5.32 Å². The Labute approximate surface area is 116 Å². The molecule has 0 aromatic rings. The van der Waals surface area contributed by atoms with Crippen LogP contribution in [0.3, 0.4) is 0 Å². The van der Waals surface area contributed by atoms with Crippen LogP contribution in [0.5, 0.6) is 0 Å². The molecule has 0 saturated carbocycles. The van der Waals surface area contributed by atoms with Crippen LogP contribution in [-0.2, 0) is 0 Å². The second kappa shape index (κ2) is 9.57. The first-order chi connectivity index (χ1) is 8.31. The molecule has 0 aliphatic carbocycles. The molecule has 3 heteroatoms. The Kier molecular flexibility index (Phi) is 8.85. The number of unbranched alkanes of at least 4 members (excludes halogenated alkanes) is 1. The minimum absolute atomic E-state index is 0.731. The molecular formula is C14H29NS2. The molecule has 0 amide bonds. The second-order valence-electron chi connectivity index (χ2n) is 5.03. The molecule has 1 aliphatic rings. The molecule has 0 radical (unpaired) electrons. The second-order valence-corrected chi connectivity index (χ2v) is 7.53. The SMILES string of the molecule is CCCCC(CC)CC(NC)C1CSCCS1. The predicted molar refractivity (Wildman–Crippen MR) is 84.3 cm³/mol. The monoisotopic (exact) mass is 275 g/mol. The molecular weight excluding hydrogens is 246 g/mol. The van der Waals surface area contributed by atoms with Crippen LogP contribution in [0.1, 0.15) is 46.0 Å². The van der Waals surface area contributed by atoms with E-state index in [-0.39, 0.29) is 0 Å². The van der Waals surface area contributed by atoms with Gasteiger partial charge in [-0.05, 0) is 19.4 Å². The van der Waals surface area contributed by atoms with Crippen molar-refractivity contribution in [3.05, 3.63) is 0 Å². The van der Waals surface area contributed by atoms with Gasteiger partial charge < -0.3 is 5.32 Å². The minimum atomic E-state index is 0.731. The lowest BCUT2D eigenvalue weighted by Gasteiger charge is -2.31. The summed E-state index contributed by atoms with van der Waals surface area (Å²) in [5.41, 5.74) is 0. The Morgan fingerprint density at radius 1 is 1.29 bits per heavy atom. The maximum atomic E-state index is 3.58. The molecule has 0 spiro atoms. The summed E-state index contributed by atoms with van der Waals surface area (Å²) in [7, 11) is 2.15. The van der Waals surface area contributed by atoms with Crippen molar-refractivity contribution in [2.24, 2.45) is 5.92 Å². The number of nitrogens with one attached hydrogen (secondary N) is 1. The van der Waals surface area contributed by atoms with Crippen molar-refractivity contribution < 1.29 is 0 Å². The van der Waals surface area contributed by atoms with Crippen molar-refractivity contribution in [3.63, 3.8) is 0 Å². The van der Waals surface area contributed by atoms with Crippen LogP contribution in [0.15, 0.2) is 0 Å². The summed E-state index contributed by atoms with van der Waals surface area (Å²) in [6, 6.07) is 0.731. The van der Waals surface area contributed by atoms with Gasteiger partial charge in [0.1, 0.15) is 0 Å². The molecule has 1 fully saturated rings. The average Bonchev–Trinajstić information content (AvgIpc) is 2.40. The highest BCUT2D eigenvalue weighted by atomic mass is 32.2. The van der Waals surface area contributed by atoms with Gasteiger partial charge in [0.05, 0.1) is 0 Å².